The van der Waals surface area contributed by atoms with Crippen molar-refractivity contribution in [3.8, 4) is 0 Å². The van der Waals surface area contributed by atoms with Gasteiger partial charge in [-0.3, -0.25) is 19.8 Å². The summed E-state index contributed by atoms with van der Waals surface area (Å²) in [6.07, 6.45) is 1.94. The smallest absolute Gasteiger partial charge is 0.269 e. The Hall–Kier alpha value is -2.15. The molecule has 0 saturated carbocycles. The number of primary amides is 1. The lowest BCUT2D eigenvalue weighted by Gasteiger charge is -2.22. The van der Waals surface area contributed by atoms with Crippen LogP contribution in [0.25, 0.3) is 0 Å². The molecule has 0 bridgehead atoms. The molecule has 1 rings (SSSR count). The third kappa shape index (κ3) is 5.39. The third-order valence-electron chi connectivity index (χ3n) is 3.17. The first-order valence-corrected chi connectivity index (χ1v) is 6.93. The number of nitro benzene ring substituents is 1. The van der Waals surface area contributed by atoms with Crippen molar-refractivity contribution in [3.05, 3.63) is 33.9 Å². The van der Waals surface area contributed by atoms with Gasteiger partial charge in [-0.2, -0.15) is 0 Å². The standard InChI is InChI=1S/C14H22N4O3/c1-3-4-7-17(10-14(15)19)9-11-8-12(18(20)21)5-6-13(11)16-2/h5-6,8,16H,3-4,7,9-10H2,1-2H3,(H2,15,19). The van der Waals surface area contributed by atoms with Crippen molar-refractivity contribution in [2.24, 2.45) is 5.73 Å². The fourth-order valence-corrected chi connectivity index (χ4v) is 2.13. The van der Waals surface area contributed by atoms with E-state index in [9.17, 15) is 14.9 Å². The van der Waals surface area contributed by atoms with Crippen molar-refractivity contribution in [2.45, 2.75) is 26.3 Å². The molecule has 0 aromatic heterocycles. The van der Waals surface area contributed by atoms with E-state index < -0.39 is 10.8 Å². The van der Waals surface area contributed by atoms with Crippen LogP contribution in [0, 0.1) is 10.1 Å². The summed E-state index contributed by atoms with van der Waals surface area (Å²) in [5, 5.41) is 13.9. The van der Waals surface area contributed by atoms with E-state index in [0.29, 0.717) is 6.54 Å². The lowest BCUT2D eigenvalue weighted by atomic mass is 10.1. The topological polar surface area (TPSA) is 102 Å². The normalized spacial score (nSPS) is 10.6. The minimum Gasteiger partial charge on any atom is -0.388 e. The van der Waals surface area contributed by atoms with E-state index in [2.05, 4.69) is 12.2 Å². The molecule has 0 unspecified atom stereocenters. The molecule has 0 spiro atoms. The van der Waals surface area contributed by atoms with Crippen molar-refractivity contribution in [3.63, 3.8) is 0 Å². The maximum absolute atomic E-state index is 11.1. The fraction of sp³-hybridized carbons (Fsp3) is 0.500. The van der Waals surface area contributed by atoms with Gasteiger partial charge in [0.05, 0.1) is 11.5 Å². The molecular formula is C14H22N4O3. The summed E-state index contributed by atoms with van der Waals surface area (Å²) in [4.78, 5) is 23.5. The Morgan fingerprint density at radius 1 is 1.48 bits per heavy atom. The Labute approximate surface area is 124 Å². The molecule has 0 atom stereocenters. The predicted octanol–water partition coefficient (Wildman–Crippen LogP) is 1.72. The summed E-state index contributed by atoms with van der Waals surface area (Å²) in [5.74, 6) is -0.400. The van der Waals surface area contributed by atoms with Crippen LogP contribution in [0.4, 0.5) is 11.4 Å². The number of nitro groups is 1. The summed E-state index contributed by atoms with van der Waals surface area (Å²) in [6, 6.07) is 4.67. The lowest BCUT2D eigenvalue weighted by Crippen LogP contribution is -2.34. The molecule has 0 saturated heterocycles. The number of carbonyl (C=O) groups is 1. The molecule has 0 aliphatic rings. The molecule has 0 aliphatic heterocycles. The molecule has 0 fully saturated rings. The summed E-state index contributed by atoms with van der Waals surface area (Å²) in [7, 11) is 1.76. The predicted molar refractivity (Wildman–Crippen MR) is 82.0 cm³/mol. The van der Waals surface area contributed by atoms with E-state index in [0.717, 1.165) is 30.6 Å². The largest absolute Gasteiger partial charge is 0.388 e. The Balaban J connectivity index is 2.96. The van der Waals surface area contributed by atoms with Gasteiger partial charge in [-0.05, 0) is 24.6 Å². The summed E-state index contributed by atoms with van der Waals surface area (Å²) in [6.45, 7) is 3.38. The highest BCUT2D eigenvalue weighted by molar-refractivity contribution is 5.76. The number of amides is 1. The third-order valence-corrected chi connectivity index (χ3v) is 3.17. The molecule has 0 heterocycles. The molecule has 116 valence electrons. The second-order valence-electron chi connectivity index (χ2n) is 4.88. The maximum atomic E-state index is 11.1. The van der Waals surface area contributed by atoms with Crippen molar-refractivity contribution >= 4 is 17.3 Å². The van der Waals surface area contributed by atoms with Gasteiger partial charge in [-0.15, -0.1) is 0 Å². The van der Waals surface area contributed by atoms with Crippen LogP contribution >= 0.6 is 0 Å². The van der Waals surface area contributed by atoms with Gasteiger partial charge in [-0.1, -0.05) is 13.3 Å². The first-order chi connectivity index (χ1) is 9.97. The molecule has 0 radical (unpaired) electrons. The average Bonchev–Trinajstić information content (AvgIpc) is 2.44. The Bertz CT molecular complexity index is 505. The van der Waals surface area contributed by atoms with E-state index >= 15 is 0 Å². The molecule has 1 aromatic carbocycles. The number of unbranched alkanes of at least 4 members (excludes halogenated alkanes) is 1. The fourth-order valence-electron chi connectivity index (χ4n) is 2.13. The molecule has 7 heteroatoms. The Kier molecular flexibility index (Phi) is 6.61. The maximum Gasteiger partial charge on any atom is 0.269 e. The van der Waals surface area contributed by atoms with Crippen LogP contribution < -0.4 is 11.1 Å². The number of hydrogen-bond donors (Lipinski definition) is 2. The number of anilines is 1. The zero-order valence-corrected chi connectivity index (χ0v) is 12.5. The van der Waals surface area contributed by atoms with Gasteiger partial charge in [0.1, 0.15) is 0 Å². The number of nitrogens with zero attached hydrogens (tertiary/aromatic N) is 2. The first kappa shape index (κ1) is 16.9. The molecule has 0 aliphatic carbocycles. The second kappa shape index (κ2) is 8.21. The van der Waals surface area contributed by atoms with Crippen LogP contribution in [0.3, 0.4) is 0 Å². The van der Waals surface area contributed by atoms with Gasteiger partial charge in [0, 0.05) is 31.4 Å². The zero-order valence-electron chi connectivity index (χ0n) is 12.5. The Morgan fingerprint density at radius 3 is 2.71 bits per heavy atom. The lowest BCUT2D eigenvalue weighted by molar-refractivity contribution is -0.384. The second-order valence-corrected chi connectivity index (χ2v) is 4.88. The van der Waals surface area contributed by atoms with Crippen LogP contribution in [0.5, 0.6) is 0 Å². The molecule has 1 amide bonds. The van der Waals surface area contributed by atoms with Gasteiger partial charge >= 0.3 is 0 Å². The van der Waals surface area contributed by atoms with E-state index in [1.165, 1.54) is 12.1 Å². The van der Waals surface area contributed by atoms with E-state index in [1.54, 1.807) is 13.1 Å². The minimum absolute atomic E-state index is 0.0403. The molecular weight excluding hydrogens is 272 g/mol. The number of carbonyl (C=O) groups excluding carboxylic acids is 1. The SMILES string of the molecule is CCCCN(CC(N)=O)Cc1cc([N+](=O)[O-])ccc1NC. The van der Waals surface area contributed by atoms with E-state index in [-0.39, 0.29) is 12.2 Å². The molecule has 7 nitrogen and oxygen atoms in total. The van der Waals surface area contributed by atoms with Crippen molar-refractivity contribution < 1.29 is 9.72 Å². The van der Waals surface area contributed by atoms with Crippen LogP contribution in [0.15, 0.2) is 18.2 Å². The number of nitrogens with two attached hydrogens (primary N) is 1. The van der Waals surface area contributed by atoms with Gasteiger partial charge in [-0.25, -0.2) is 0 Å². The zero-order chi connectivity index (χ0) is 15.8. The number of hydrogen-bond acceptors (Lipinski definition) is 5. The first-order valence-electron chi connectivity index (χ1n) is 6.93. The Morgan fingerprint density at radius 2 is 2.19 bits per heavy atom. The monoisotopic (exact) mass is 294 g/mol. The highest BCUT2D eigenvalue weighted by atomic mass is 16.6. The number of benzene rings is 1. The van der Waals surface area contributed by atoms with Gasteiger partial charge in [0.15, 0.2) is 0 Å². The minimum atomic E-state index is -0.423. The number of rotatable bonds is 9. The van der Waals surface area contributed by atoms with Crippen LogP contribution in [-0.2, 0) is 11.3 Å². The number of non-ortho nitro benzene ring substituents is 1. The average molecular weight is 294 g/mol. The molecule has 1 aromatic rings. The van der Waals surface area contributed by atoms with Gasteiger partial charge < -0.3 is 11.1 Å². The van der Waals surface area contributed by atoms with E-state index in [1.807, 2.05) is 4.90 Å². The van der Waals surface area contributed by atoms with Crippen LogP contribution in [0.1, 0.15) is 25.3 Å². The van der Waals surface area contributed by atoms with E-state index in [4.69, 9.17) is 5.73 Å². The summed E-state index contributed by atoms with van der Waals surface area (Å²) >= 11 is 0. The van der Waals surface area contributed by atoms with Crippen LogP contribution in [-0.4, -0.2) is 35.9 Å². The summed E-state index contributed by atoms with van der Waals surface area (Å²) < 4.78 is 0. The number of nitrogens with one attached hydrogen (secondary N) is 1. The van der Waals surface area contributed by atoms with Crippen molar-refractivity contribution in [2.75, 3.05) is 25.5 Å². The quantitative estimate of drug-likeness (QED) is 0.533. The molecule has 3 N–H and O–H groups in total. The van der Waals surface area contributed by atoms with Crippen molar-refractivity contribution in [1.82, 2.24) is 4.90 Å². The van der Waals surface area contributed by atoms with Gasteiger partial charge in [0.25, 0.3) is 5.69 Å². The van der Waals surface area contributed by atoms with Crippen LogP contribution in [0.2, 0.25) is 0 Å². The van der Waals surface area contributed by atoms with Crippen molar-refractivity contribution in [1.29, 1.82) is 0 Å². The molecule has 21 heavy (non-hydrogen) atoms. The highest BCUT2D eigenvalue weighted by Crippen LogP contribution is 2.23. The highest BCUT2D eigenvalue weighted by Gasteiger charge is 2.14. The van der Waals surface area contributed by atoms with Gasteiger partial charge in [0.2, 0.25) is 5.91 Å². The summed E-state index contributed by atoms with van der Waals surface area (Å²) in [5.41, 5.74) is 6.90.